The van der Waals surface area contributed by atoms with Crippen LogP contribution >= 0.6 is 11.3 Å². The minimum atomic E-state index is 0.720. The van der Waals surface area contributed by atoms with Crippen molar-refractivity contribution < 1.29 is 0 Å². The molecule has 2 aliphatic rings. The third kappa shape index (κ3) is 1.71. The van der Waals surface area contributed by atoms with Crippen LogP contribution < -0.4 is 5.32 Å². The Morgan fingerprint density at radius 1 is 1.50 bits per heavy atom. The molecule has 1 aromatic rings. The topological polar surface area (TPSA) is 24.9 Å². The van der Waals surface area contributed by atoms with Crippen LogP contribution in [0.2, 0.25) is 0 Å². The zero-order valence-electron chi connectivity index (χ0n) is 8.33. The monoisotopic (exact) mass is 208 g/mol. The summed E-state index contributed by atoms with van der Waals surface area (Å²) in [5.41, 5.74) is 0.720. The van der Waals surface area contributed by atoms with Gasteiger partial charge in [0.05, 0.1) is 0 Å². The molecule has 1 heterocycles. The Hall–Kier alpha value is -0.410. The molecule has 0 unspecified atom stereocenters. The fourth-order valence-corrected chi connectivity index (χ4v) is 2.93. The van der Waals surface area contributed by atoms with Gasteiger partial charge >= 0.3 is 0 Å². The molecule has 0 radical (unpaired) electrons. The molecule has 0 amide bonds. The number of rotatable bonds is 5. The van der Waals surface area contributed by atoms with E-state index < -0.39 is 0 Å². The van der Waals surface area contributed by atoms with Crippen molar-refractivity contribution in [1.29, 1.82) is 0 Å². The molecule has 0 bridgehead atoms. The Morgan fingerprint density at radius 2 is 2.36 bits per heavy atom. The maximum absolute atomic E-state index is 4.27. The first-order valence-electron chi connectivity index (χ1n) is 5.48. The van der Waals surface area contributed by atoms with E-state index in [1.807, 2.05) is 11.6 Å². The molecule has 2 nitrogen and oxygen atoms in total. The Kier molecular flexibility index (Phi) is 2.10. The summed E-state index contributed by atoms with van der Waals surface area (Å²) in [4.78, 5) is 4.27. The van der Waals surface area contributed by atoms with Gasteiger partial charge in [-0.2, -0.15) is 0 Å². The van der Waals surface area contributed by atoms with Crippen LogP contribution in [0.25, 0.3) is 0 Å². The molecule has 0 aliphatic heterocycles. The molecule has 1 N–H and O–H groups in total. The van der Waals surface area contributed by atoms with Crippen LogP contribution in [0.15, 0.2) is 11.6 Å². The van der Waals surface area contributed by atoms with Crippen molar-refractivity contribution in [2.75, 3.05) is 6.54 Å². The molecule has 2 aliphatic carbocycles. The molecule has 2 saturated carbocycles. The molecule has 0 spiro atoms. The molecule has 0 atom stereocenters. The van der Waals surface area contributed by atoms with Gasteiger partial charge in [-0.3, -0.25) is 0 Å². The first-order chi connectivity index (χ1) is 6.89. The second kappa shape index (κ2) is 3.31. The molecule has 3 rings (SSSR count). The van der Waals surface area contributed by atoms with Gasteiger partial charge in [0.2, 0.25) is 0 Å². The SMILES string of the molecule is c1csc(CNCC2(C3CC3)CC2)n1. The Morgan fingerprint density at radius 3 is 2.93 bits per heavy atom. The van der Waals surface area contributed by atoms with E-state index >= 15 is 0 Å². The molecule has 14 heavy (non-hydrogen) atoms. The summed E-state index contributed by atoms with van der Waals surface area (Å²) in [6.07, 6.45) is 7.78. The van der Waals surface area contributed by atoms with Gasteiger partial charge in [0.25, 0.3) is 0 Å². The Bertz CT molecular complexity index is 299. The highest BCUT2D eigenvalue weighted by Gasteiger charge is 2.53. The normalized spacial score (nSPS) is 23.7. The minimum absolute atomic E-state index is 0.720. The number of nitrogens with zero attached hydrogens (tertiary/aromatic N) is 1. The van der Waals surface area contributed by atoms with Crippen molar-refractivity contribution in [1.82, 2.24) is 10.3 Å². The summed E-state index contributed by atoms with van der Waals surface area (Å²) in [6, 6.07) is 0. The lowest BCUT2D eigenvalue weighted by Gasteiger charge is -2.13. The van der Waals surface area contributed by atoms with Crippen LogP contribution in [0.1, 0.15) is 30.7 Å². The van der Waals surface area contributed by atoms with Crippen LogP contribution in [0.5, 0.6) is 0 Å². The number of hydrogen-bond donors (Lipinski definition) is 1. The van der Waals surface area contributed by atoms with Crippen LogP contribution in [-0.4, -0.2) is 11.5 Å². The third-order valence-corrected chi connectivity index (χ3v) is 4.35. The molecule has 2 fully saturated rings. The van der Waals surface area contributed by atoms with E-state index in [0.29, 0.717) is 0 Å². The maximum Gasteiger partial charge on any atom is 0.106 e. The lowest BCUT2D eigenvalue weighted by molar-refractivity contribution is 0.403. The zero-order valence-corrected chi connectivity index (χ0v) is 9.15. The highest BCUT2D eigenvalue weighted by atomic mass is 32.1. The van der Waals surface area contributed by atoms with Crippen LogP contribution in [0.3, 0.4) is 0 Å². The average molecular weight is 208 g/mol. The molecular weight excluding hydrogens is 192 g/mol. The fourth-order valence-electron chi connectivity index (χ4n) is 2.34. The maximum atomic E-state index is 4.27. The van der Waals surface area contributed by atoms with E-state index in [1.54, 1.807) is 11.3 Å². The van der Waals surface area contributed by atoms with Crippen molar-refractivity contribution in [2.24, 2.45) is 11.3 Å². The second-order valence-corrected chi connectivity index (χ2v) is 5.65. The van der Waals surface area contributed by atoms with Gasteiger partial charge < -0.3 is 5.32 Å². The smallest absolute Gasteiger partial charge is 0.106 e. The summed E-state index contributed by atoms with van der Waals surface area (Å²) in [5.74, 6) is 1.06. The van der Waals surface area contributed by atoms with Crippen LogP contribution in [0.4, 0.5) is 0 Å². The van der Waals surface area contributed by atoms with Crippen LogP contribution in [0, 0.1) is 11.3 Å². The van der Waals surface area contributed by atoms with E-state index in [1.165, 1.54) is 37.2 Å². The number of thiazole rings is 1. The summed E-state index contributed by atoms with van der Waals surface area (Å²) in [7, 11) is 0. The van der Waals surface area contributed by atoms with Gasteiger partial charge in [-0.1, -0.05) is 0 Å². The standard InChI is InChI=1S/C11H16N2S/c1-2-9(1)11(3-4-11)8-12-7-10-13-5-6-14-10/h5-6,9,12H,1-4,7-8H2. The predicted octanol–water partition coefficient (Wildman–Crippen LogP) is 2.42. The lowest BCUT2D eigenvalue weighted by atomic mass is 10.0. The first kappa shape index (κ1) is 8.86. The van der Waals surface area contributed by atoms with E-state index in [2.05, 4.69) is 10.3 Å². The van der Waals surface area contributed by atoms with Crippen molar-refractivity contribution in [3.05, 3.63) is 16.6 Å². The van der Waals surface area contributed by atoms with Gasteiger partial charge in [0.1, 0.15) is 5.01 Å². The summed E-state index contributed by atoms with van der Waals surface area (Å²) < 4.78 is 0. The Balaban J connectivity index is 1.46. The minimum Gasteiger partial charge on any atom is -0.310 e. The molecule has 0 aromatic carbocycles. The largest absolute Gasteiger partial charge is 0.310 e. The second-order valence-electron chi connectivity index (χ2n) is 4.67. The third-order valence-electron chi connectivity index (χ3n) is 3.57. The number of aromatic nitrogens is 1. The van der Waals surface area contributed by atoms with Crippen molar-refractivity contribution >= 4 is 11.3 Å². The van der Waals surface area contributed by atoms with Gasteiger partial charge in [-0.05, 0) is 37.0 Å². The molecule has 3 heteroatoms. The Labute approximate surface area is 88.7 Å². The van der Waals surface area contributed by atoms with Gasteiger partial charge in [0, 0.05) is 24.7 Å². The zero-order chi connectivity index (χ0) is 9.43. The van der Waals surface area contributed by atoms with Gasteiger partial charge in [-0.15, -0.1) is 11.3 Å². The van der Waals surface area contributed by atoms with Crippen molar-refractivity contribution in [3.8, 4) is 0 Å². The molecule has 0 saturated heterocycles. The average Bonchev–Trinajstić information content (AvgIpc) is 3.07. The molecular formula is C11H16N2S. The quantitative estimate of drug-likeness (QED) is 0.804. The van der Waals surface area contributed by atoms with Gasteiger partial charge in [0.15, 0.2) is 0 Å². The van der Waals surface area contributed by atoms with E-state index in [4.69, 9.17) is 0 Å². The van der Waals surface area contributed by atoms with Gasteiger partial charge in [-0.25, -0.2) is 4.98 Å². The number of hydrogen-bond acceptors (Lipinski definition) is 3. The first-order valence-corrected chi connectivity index (χ1v) is 6.36. The lowest BCUT2D eigenvalue weighted by Crippen LogP contribution is -2.24. The summed E-state index contributed by atoms with van der Waals surface area (Å²) >= 11 is 1.74. The van der Waals surface area contributed by atoms with Crippen molar-refractivity contribution in [3.63, 3.8) is 0 Å². The molecule has 1 aromatic heterocycles. The van der Waals surface area contributed by atoms with E-state index in [0.717, 1.165) is 17.9 Å². The summed E-state index contributed by atoms with van der Waals surface area (Å²) in [6.45, 7) is 2.18. The highest BCUT2D eigenvalue weighted by molar-refractivity contribution is 7.09. The number of nitrogens with one attached hydrogen (secondary N) is 1. The highest BCUT2D eigenvalue weighted by Crippen LogP contribution is 2.60. The van der Waals surface area contributed by atoms with E-state index in [9.17, 15) is 0 Å². The summed E-state index contributed by atoms with van der Waals surface area (Å²) in [5, 5.41) is 6.83. The fraction of sp³-hybridized carbons (Fsp3) is 0.727. The van der Waals surface area contributed by atoms with E-state index in [-0.39, 0.29) is 0 Å². The molecule has 76 valence electrons. The van der Waals surface area contributed by atoms with Crippen LogP contribution in [-0.2, 0) is 6.54 Å². The van der Waals surface area contributed by atoms with Crippen molar-refractivity contribution in [2.45, 2.75) is 32.2 Å². The predicted molar refractivity (Wildman–Crippen MR) is 58.2 cm³/mol.